The molecule has 1 fully saturated rings. The van der Waals surface area contributed by atoms with E-state index in [1.54, 1.807) is 24.1 Å². The summed E-state index contributed by atoms with van der Waals surface area (Å²) in [6.45, 7) is 7.76. The molecule has 2 aromatic carbocycles. The molecule has 3 aliphatic rings. The first-order valence-electron chi connectivity index (χ1n) is 12.9. The zero-order valence-electron chi connectivity index (χ0n) is 21.7. The van der Waals surface area contributed by atoms with E-state index in [2.05, 4.69) is 32.2 Å². The van der Waals surface area contributed by atoms with E-state index >= 15 is 0 Å². The number of rotatable bonds is 6. The van der Waals surface area contributed by atoms with E-state index < -0.39 is 22.5 Å². The summed E-state index contributed by atoms with van der Waals surface area (Å²) in [5.74, 6) is 1.23. The van der Waals surface area contributed by atoms with E-state index in [1.165, 1.54) is 29.2 Å². The Morgan fingerprint density at radius 1 is 1.14 bits per heavy atom. The molecule has 0 saturated carbocycles. The van der Waals surface area contributed by atoms with Gasteiger partial charge >= 0.3 is 16.2 Å². The van der Waals surface area contributed by atoms with Crippen LogP contribution in [0.5, 0.6) is 11.5 Å². The summed E-state index contributed by atoms with van der Waals surface area (Å²) >= 11 is 0. The Hall–Kier alpha value is -2.86. The number of hydrogen-bond acceptors (Lipinski definition) is 8. The number of aryl methyl sites for hydroxylation is 1. The maximum atomic E-state index is 13.2. The Bertz CT molecular complexity index is 1230. The highest BCUT2D eigenvalue weighted by atomic mass is 32.2. The van der Waals surface area contributed by atoms with Crippen LogP contribution >= 0.6 is 0 Å². The van der Waals surface area contributed by atoms with Crippen molar-refractivity contribution in [2.75, 3.05) is 38.5 Å². The lowest BCUT2D eigenvalue weighted by molar-refractivity contribution is 0.0207. The molecule has 3 aliphatic heterocycles. The first-order valence-corrected chi connectivity index (χ1v) is 14.3. The summed E-state index contributed by atoms with van der Waals surface area (Å²) < 4.78 is 44.0. The van der Waals surface area contributed by atoms with Gasteiger partial charge in [-0.25, -0.2) is 5.43 Å². The monoisotopic (exact) mass is 528 g/mol. The van der Waals surface area contributed by atoms with Crippen LogP contribution in [0.2, 0.25) is 0 Å². The summed E-state index contributed by atoms with van der Waals surface area (Å²) in [7, 11) is -2.30. The molecule has 1 saturated heterocycles. The summed E-state index contributed by atoms with van der Waals surface area (Å²) in [5, 5.41) is 3.43. The molecule has 0 bridgehead atoms. The minimum absolute atomic E-state index is 0.00347. The van der Waals surface area contributed by atoms with E-state index in [0.29, 0.717) is 18.8 Å². The van der Waals surface area contributed by atoms with Gasteiger partial charge in [0.05, 0.1) is 12.2 Å². The molecule has 2 N–H and O–H groups in total. The van der Waals surface area contributed by atoms with Gasteiger partial charge in [0.15, 0.2) is 12.3 Å². The molecule has 11 heteroatoms. The maximum absolute atomic E-state index is 13.2. The van der Waals surface area contributed by atoms with Crippen molar-refractivity contribution >= 4 is 21.9 Å². The molecule has 200 valence electrons. The average molecular weight is 529 g/mol. The maximum Gasteiger partial charge on any atom is 0.341 e. The molecule has 2 unspecified atom stereocenters. The van der Waals surface area contributed by atoms with E-state index in [4.69, 9.17) is 9.47 Å². The Morgan fingerprint density at radius 2 is 1.89 bits per heavy atom. The number of anilines is 1. The van der Waals surface area contributed by atoms with Crippen LogP contribution in [-0.2, 0) is 16.8 Å². The van der Waals surface area contributed by atoms with Gasteiger partial charge in [0.2, 0.25) is 0 Å². The number of piperidine rings is 1. The number of benzene rings is 2. The van der Waals surface area contributed by atoms with Gasteiger partial charge in [-0.15, -0.1) is 0 Å². The molecule has 0 spiro atoms. The quantitative estimate of drug-likeness (QED) is 0.591. The number of hydrogen-bond donors (Lipinski definition) is 2. The molecule has 0 aromatic heterocycles. The SMILES string of the molecule is CCNN1C(C2CNc3ccc(CN4CCCCC4)cc3O2)N(C)C(Oc2ccc(C)cc2)=NS1(=O)=O. The number of amidine groups is 1. The number of likely N-dealkylation sites (N-methyl/N-ethyl adjacent to an activating group) is 1. The van der Waals surface area contributed by atoms with Crippen LogP contribution in [0, 0.1) is 6.92 Å². The highest BCUT2D eigenvalue weighted by Gasteiger charge is 2.46. The van der Waals surface area contributed by atoms with Crippen molar-refractivity contribution in [2.45, 2.75) is 51.9 Å². The Balaban J connectivity index is 1.40. The zero-order chi connectivity index (χ0) is 26.0. The normalized spacial score (nSPS) is 24.0. The zero-order valence-corrected chi connectivity index (χ0v) is 22.5. The largest absolute Gasteiger partial charge is 0.483 e. The number of nitrogens with zero attached hydrogens (tertiary/aromatic N) is 4. The minimum atomic E-state index is -4.07. The fourth-order valence-corrected chi connectivity index (χ4v) is 6.31. The van der Waals surface area contributed by atoms with Gasteiger partial charge in [-0.3, -0.25) is 4.90 Å². The molecule has 3 heterocycles. The fourth-order valence-electron chi connectivity index (χ4n) is 5.01. The van der Waals surface area contributed by atoms with Crippen molar-refractivity contribution in [3.05, 3.63) is 53.6 Å². The van der Waals surface area contributed by atoms with E-state index in [-0.39, 0.29) is 6.02 Å². The molecule has 0 radical (unpaired) electrons. The fraction of sp³-hybridized carbons (Fsp3) is 0.500. The summed E-state index contributed by atoms with van der Waals surface area (Å²) in [6, 6.07) is 13.6. The Labute approximate surface area is 219 Å². The van der Waals surface area contributed by atoms with Crippen LogP contribution in [0.4, 0.5) is 5.69 Å². The second kappa shape index (κ2) is 10.9. The second-order valence-electron chi connectivity index (χ2n) is 9.80. The van der Waals surface area contributed by atoms with E-state index in [9.17, 15) is 8.42 Å². The van der Waals surface area contributed by atoms with Crippen LogP contribution in [0.25, 0.3) is 0 Å². The number of hydrazine groups is 1. The second-order valence-corrected chi connectivity index (χ2v) is 11.3. The van der Waals surface area contributed by atoms with Gasteiger partial charge in [-0.2, -0.15) is 8.42 Å². The van der Waals surface area contributed by atoms with Crippen LogP contribution in [0.15, 0.2) is 46.9 Å². The minimum Gasteiger partial charge on any atom is -0.483 e. The van der Waals surface area contributed by atoms with Crippen molar-refractivity contribution in [1.82, 2.24) is 19.6 Å². The summed E-state index contributed by atoms with van der Waals surface area (Å²) in [6.07, 6.45) is 2.53. The first kappa shape index (κ1) is 25.8. The third kappa shape index (κ3) is 5.69. The smallest absolute Gasteiger partial charge is 0.341 e. The number of fused-ring (bicyclic) bond motifs is 1. The van der Waals surface area contributed by atoms with Crippen molar-refractivity contribution in [3.63, 3.8) is 0 Å². The Kier molecular flexibility index (Phi) is 7.57. The number of nitrogens with one attached hydrogen (secondary N) is 2. The van der Waals surface area contributed by atoms with Crippen molar-refractivity contribution in [3.8, 4) is 11.5 Å². The third-order valence-corrected chi connectivity index (χ3v) is 8.16. The van der Waals surface area contributed by atoms with Gasteiger partial charge in [0.25, 0.3) is 0 Å². The topological polar surface area (TPSA) is 98.7 Å². The van der Waals surface area contributed by atoms with Gasteiger partial charge in [0, 0.05) is 20.1 Å². The Morgan fingerprint density at radius 3 is 2.62 bits per heavy atom. The van der Waals surface area contributed by atoms with Crippen molar-refractivity contribution < 1.29 is 17.9 Å². The lowest BCUT2D eigenvalue weighted by Crippen LogP contribution is -2.67. The first-order chi connectivity index (χ1) is 17.8. The molecule has 0 amide bonds. The van der Waals surface area contributed by atoms with Crippen LogP contribution in [0.1, 0.15) is 37.3 Å². The highest BCUT2D eigenvalue weighted by Crippen LogP contribution is 2.34. The molecular formula is C26H36N6O4S. The molecule has 5 rings (SSSR count). The van der Waals surface area contributed by atoms with E-state index in [0.717, 1.165) is 36.6 Å². The average Bonchev–Trinajstić information content (AvgIpc) is 2.89. The number of likely N-dealkylation sites (tertiary alicyclic amines) is 1. The summed E-state index contributed by atoms with van der Waals surface area (Å²) in [5.41, 5.74) is 6.12. The molecule has 37 heavy (non-hydrogen) atoms. The van der Waals surface area contributed by atoms with Crippen molar-refractivity contribution in [2.24, 2.45) is 4.40 Å². The lowest BCUT2D eigenvalue weighted by atomic mass is 10.1. The molecule has 2 atom stereocenters. The molecule has 2 aromatic rings. The highest BCUT2D eigenvalue weighted by molar-refractivity contribution is 7.88. The van der Waals surface area contributed by atoms with Gasteiger partial charge in [-0.05, 0) is 62.7 Å². The van der Waals surface area contributed by atoms with Crippen molar-refractivity contribution in [1.29, 1.82) is 0 Å². The van der Waals surface area contributed by atoms with Gasteiger partial charge in [0.1, 0.15) is 11.5 Å². The van der Waals surface area contributed by atoms with E-state index in [1.807, 2.05) is 32.0 Å². The molecular weight excluding hydrogens is 492 g/mol. The number of ether oxygens (including phenoxy) is 2. The van der Waals surface area contributed by atoms with Crippen LogP contribution in [-0.4, -0.2) is 74.1 Å². The molecule has 10 nitrogen and oxygen atoms in total. The predicted octanol–water partition coefficient (Wildman–Crippen LogP) is 2.93. The summed E-state index contributed by atoms with van der Waals surface area (Å²) in [4.78, 5) is 4.18. The standard InChI is InChI=1S/C26H36N6O4S/c1-4-28-32-25(30(3)26(29-37(32,33)34)35-21-11-8-19(2)9-12-21)24-17-27-22-13-10-20(16-23(22)36-24)18-31-14-6-5-7-15-31/h8-13,16,24-25,27-28H,4-7,14-15,17-18H2,1-3H3. The molecule has 0 aliphatic carbocycles. The van der Waals surface area contributed by atoms with Gasteiger partial charge in [-0.1, -0.05) is 45.9 Å². The lowest BCUT2D eigenvalue weighted by Gasteiger charge is -2.44. The predicted molar refractivity (Wildman–Crippen MR) is 144 cm³/mol. The van der Waals surface area contributed by atoms with Crippen LogP contribution < -0.4 is 20.2 Å². The third-order valence-electron chi connectivity index (χ3n) is 6.93. The van der Waals surface area contributed by atoms with Crippen LogP contribution in [0.3, 0.4) is 0 Å². The van der Waals surface area contributed by atoms with Gasteiger partial charge < -0.3 is 19.7 Å².